The first-order chi connectivity index (χ1) is 9.19. The number of rotatable bonds is 5. The van der Waals surface area contributed by atoms with Crippen LogP contribution < -0.4 is 5.32 Å². The molecule has 20 heavy (non-hydrogen) atoms. The second-order valence-corrected chi connectivity index (χ2v) is 9.41. The third kappa shape index (κ3) is 4.71. The van der Waals surface area contributed by atoms with E-state index in [0.29, 0.717) is 25.6 Å². The number of hydrogen-bond donors (Lipinski definition) is 1. The highest BCUT2D eigenvalue weighted by Gasteiger charge is 2.33. The maximum atomic E-state index is 12.6. The van der Waals surface area contributed by atoms with Crippen LogP contribution in [0.5, 0.6) is 0 Å². The van der Waals surface area contributed by atoms with Crippen molar-refractivity contribution >= 4 is 10.0 Å². The van der Waals surface area contributed by atoms with Gasteiger partial charge in [-0.05, 0) is 44.1 Å². The minimum absolute atomic E-state index is 0.273. The van der Waals surface area contributed by atoms with Gasteiger partial charge >= 0.3 is 0 Å². The maximum Gasteiger partial charge on any atom is 0.217 e. The smallest absolute Gasteiger partial charge is 0.217 e. The molecule has 1 aliphatic heterocycles. The van der Waals surface area contributed by atoms with Gasteiger partial charge in [-0.25, -0.2) is 12.7 Å². The fraction of sp³-hybridized carbons (Fsp3) is 1.00. The summed E-state index contributed by atoms with van der Waals surface area (Å²) in [5.74, 6) is 0.617. The molecule has 0 aromatic carbocycles. The topological polar surface area (TPSA) is 49.4 Å². The monoisotopic (exact) mass is 304 g/mol. The average molecular weight is 305 g/mol. The molecular weight excluding hydrogens is 272 g/mol. The van der Waals surface area contributed by atoms with E-state index in [9.17, 15) is 8.42 Å². The van der Waals surface area contributed by atoms with Crippen LogP contribution in [0.25, 0.3) is 0 Å². The van der Waals surface area contributed by atoms with Gasteiger partial charge in [-0.1, -0.05) is 27.7 Å². The van der Waals surface area contributed by atoms with Gasteiger partial charge in [0.2, 0.25) is 10.0 Å². The van der Waals surface area contributed by atoms with Crippen LogP contribution in [0.15, 0.2) is 0 Å². The molecule has 1 heterocycles. The summed E-state index contributed by atoms with van der Waals surface area (Å²) in [6, 6.07) is 0. The first kappa shape index (κ1) is 17.9. The van der Waals surface area contributed by atoms with E-state index in [2.05, 4.69) is 26.1 Å². The van der Waals surface area contributed by atoms with E-state index < -0.39 is 10.0 Å². The lowest BCUT2D eigenvalue weighted by Crippen LogP contribution is -2.42. The molecule has 5 heteroatoms. The molecule has 2 unspecified atom stereocenters. The van der Waals surface area contributed by atoms with Gasteiger partial charge in [0.1, 0.15) is 0 Å². The van der Waals surface area contributed by atoms with Crippen LogP contribution in [0.4, 0.5) is 0 Å². The van der Waals surface area contributed by atoms with Gasteiger partial charge in [0, 0.05) is 19.6 Å². The van der Waals surface area contributed by atoms with E-state index in [4.69, 9.17) is 0 Å². The molecule has 0 bridgehead atoms. The van der Waals surface area contributed by atoms with Crippen LogP contribution in [-0.2, 0) is 10.0 Å². The van der Waals surface area contributed by atoms with Crippen molar-refractivity contribution in [3.63, 3.8) is 0 Å². The Morgan fingerprint density at radius 3 is 2.45 bits per heavy atom. The van der Waals surface area contributed by atoms with Gasteiger partial charge in [0.05, 0.1) is 5.25 Å². The Labute approximate surface area is 125 Å². The minimum Gasteiger partial charge on any atom is -0.316 e. The molecule has 0 spiro atoms. The second kappa shape index (κ2) is 7.23. The summed E-state index contributed by atoms with van der Waals surface area (Å²) in [5, 5.41) is 2.80. The van der Waals surface area contributed by atoms with Crippen molar-refractivity contribution in [2.24, 2.45) is 11.3 Å². The summed E-state index contributed by atoms with van der Waals surface area (Å²) in [5.41, 5.74) is 0.273. The maximum absolute atomic E-state index is 12.6. The molecule has 0 aromatic heterocycles. The van der Waals surface area contributed by atoms with Crippen LogP contribution in [0.3, 0.4) is 0 Å². The van der Waals surface area contributed by atoms with E-state index >= 15 is 0 Å². The molecular formula is C15H32N2O2S. The SMILES string of the molecule is CCNCC(C)S(=O)(=O)N1CCCC(C(C)(C)C)CC1. The minimum atomic E-state index is -3.16. The molecule has 1 N–H and O–H groups in total. The molecule has 0 aliphatic carbocycles. The zero-order valence-corrected chi connectivity index (χ0v) is 14.6. The van der Waals surface area contributed by atoms with Crippen molar-refractivity contribution in [1.82, 2.24) is 9.62 Å². The van der Waals surface area contributed by atoms with Crippen molar-refractivity contribution in [2.45, 2.75) is 59.1 Å². The summed E-state index contributed by atoms with van der Waals surface area (Å²) in [7, 11) is -3.16. The fourth-order valence-electron chi connectivity index (χ4n) is 2.90. The van der Waals surface area contributed by atoms with Gasteiger partial charge in [0.15, 0.2) is 0 Å². The second-order valence-electron chi connectivity index (χ2n) is 7.06. The number of nitrogens with one attached hydrogen (secondary N) is 1. The van der Waals surface area contributed by atoms with E-state index in [0.717, 1.165) is 25.8 Å². The predicted molar refractivity (Wildman–Crippen MR) is 85.3 cm³/mol. The first-order valence-electron chi connectivity index (χ1n) is 7.89. The van der Waals surface area contributed by atoms with E-state index in [1.54, 1.807) is 4.31 Å². The predicted octanol–water partition coefficient (Wildman–Crippen LogP) is 2.46. The zero-order valence-electron chi connectivity index (χ0n) is 13.8. The summed E-state index contributed by atoms with van der Waals surface area (Å²) >= 11 is 0. The Morgan fingerprint density at radius 2 is 1.90 bits per heavy atom. The van der Waals surface area contributed by atoms with Crippen molar-refractivity contribution in [2.75, 3.05) is 26.2 Å². The summed E-state index contributed by atoms with van der Waals surface area (Å²) in [6.45, 7) is 13.3. The number of nitrogens with zero attached hydrogens (tertiary/aromatic N) is 1. The fourth-order valence-corrected chi connectivity index (χ4v) is 4.48. The molecule has 0 radical (unpaired) electrons. The van der Waals surface area contributed by atoms with Crippen LogP contribution in [0, 0.1) is 11.3 Å². The molecule has 1 rings (SSSR count). The number of hydrogen-bond acceptors (Lipinski definition) is 3. The highest BCUT2D eigenvalue weighted by molar-refractivity contribution is 7.89. The molecule has 1 aliphatic rings. The van der Waals surface area contributed by atoms with Crippen molar-refractivity contribution in [1.29, 1.82) is 0 Å². The van der Waals surface area contributed by atoms with E-state index in [1.165, 1.54) is 0 Å². The van der Waals surface area contributed by atoms with Gasteiger partial charge in [-0.2, -0.15) is 0 Å². The van der Waals surface area contributed by atoms with Gasteiger partial charge in [0.25, 0.3) is 0 Å². The lowest BCUT2D eigenvalue weighted by molar-refractivity contribution is 0.216. The highest BCUT2D eigenvalue weighted by Crippen LogP contribution is 2.34. The summed E-state index contributed by atoms with van der Waals surface area (Å²) < 4.78 is 26.9. The Hall–Kier alpha value is -0.130. The van der Waals surface area contributed by atoms with E-state index in [-0.39, 0.29) is 10.7 Å². The van der Waals surface area contributed by atoms with Crippen LogP contribution in [0.1, 0.15) is 53.9 Å². The molecule has 1 fully saturated rings. The van der Waals surface area contributed by atoms with Gasteiger partial charge < -0.3 is 5.32 Å². The Balaban J connectivity index is 2.68. The van der Waals surface area contributed by atoms with Gasteiger partial charge in [-0.3, -0.25) is 0 Å². The average Bonchev–Trinajstić information content (AvgIpc) is 2.61. The van der Waals surface area contributed by atoms with Crippen LogP contribution in [0.2, 0.25) is 0 Å². The lowest BCUT2D eigenvalue weighted by atomic mass is 9.77. The van der Waals surface area contributed by atoms with E-state index in [1.807, 2.05) is 13.8 Å². The highest BCUT2D eigenvalue weighted by atomic mass is 32.2. The largest absolute Gasteiger partial charge is 0.316 e. The number of sulfonamides is 1. The summed E-state index contributed by atoms with van der Waals surface area (Å²) in [4.78, 5) is 0. The molecule has 1 saturated heterocycles. The molecule has 120 valence electrons. The third-order valence-corrected chi connectivity index (χ3v) is 6.73. The Bertz CT molecular complexity index is 387. The summed E-state index contributed by atoms with van der Waals surface area (Å²) in [6.07, 6.45) is 3.10. The Morgan fingerprint density at radius 1 is 1.25 bits per heavy atom. The zero-order chi connectivity index (χ0) is 15.4. The normalized spacial score (nSPS) is 24.4. The standard InChI is InChI=1S/C15H32N2O2S/c1-6-16-12-13(2)20(18,19)17-10-7-8-14(9-11-17)15(3,4)5/h13-14,16H,6-12H2,1-5H3. The molecule has 0 saturated carbocycles. The van der Waals surface area contributed by atoms with Gasteiger partial charge in [-0.15, -0.1) is 0 Å². The molecule has 4 nitrogen and oxygen atoms in total. The lowest BCUT2D eigenvalue weighted by Gasteiger charge is -2.30. The molecule has 0 aromatic rings. The van der Waals surface area contributed by atoms with Crippen molar-refractivity contribution in [3.05, 3.63) is 0 Å². The van der Waals surface area contributed by atoms with Crippen LogP contribution >= 0.6 is 0 Å². The molecule has 2 atom stereocenters. The van der Waals surface area contributed by atoms with Crippen LogP contribution in [-0.4, -0.2) is 44.2 Å². The van der Waals surface area contributed by atoms with Crippen molar-refractivity contribution < 1.29 is 8.42 Å². The van der Waals surface area contributed by atoms with Crippen molar-refractivity contribution in [3.8, 4) is 0 Å². The first-order valence-corrected chi connectivity index (χ1v) is 9.39. The Kier molecular flexibility index (Phi) is 6.48. The third-order valence-electron chi connectivity index (χ3n) is 4.46. The molecule has 0 amide bonds. The quantitative estimate of drug-likeness (QED) is 0.849.